The zero-order valence-electron chi connectivity index (χ0n) is 15.3. The second kappa shape index (κ2) is 7.95. The Kier molecular flexibility index (Phi) is 5.61. The van der Waals surface area contributed by atoms with Gasteiger partial charge >= 0.3 is 0 Å². The van der Waals surface area contributed by atoms with Crippen molar-refractivity contribution in [2.24, 2.45) is 7.05 Å². The second-order valence-corrected chi connectivity index (χ2v) is 8.25. The largest absolute Gasteiger partial charge is 0.345 e. The fraction of sp³-hybridized carbons (Fsp3) is 0.167. The molecule has 1 aromatic heterocycles. The Bertz CT molecular complexity index is 1150. The fourth-order valence-electron chi connectivity index (χ4n) is 2.42. The van der Waals surface area contributed by atoms with E-state index in [4.69, 9.17) is 12.2 Å². The van der Waals surface area contributed by atoms with E-state index in [0.717, 1.165) is 5.56 Å². The predicted molar refractivity (Wildman–Crippen MR) is 108 cm³/mol. The highest BCUT2D eigenvalue weighted by Gasteiger charge is 2.15. The van der Waals surface area contributed by atoms with Crippen LogP contribution in [0.2, 0.25) is 0 Å². The highest BCUT2D eigenvalue weighted by atomic mass is 32.2. The highest BCUT2D eigenvalue weighted by molar-refractivity contribution is 7.92. The first kappa shape index (κ1) is 19.8. The van der Waals surface area contributed by atoms with Gasteiger partial charge in [-0.05, 0) is 55.5 Å². The summed E-state index contributed by atoms with van der Waals surface area (Å²) < 4.78 is 29.6. The van der Waals surface area contributed by atoms with Crippen LogP contribution in [0.25, 0.3) is 0 Å². The zero-order valence-corrected chi connectivity index (χ0v) is 16.9. The molecular weight excluding hydrogens is 398 g/mol. The summed E-state index contributed by atoms with van der Waals surface area (Å²) in [4.78, 5) is 12.3. The normalized spacial score (nSPS) is 11.2. The number of nitrogens with zero attached hydrogens (tertiary/aromatic N) is 2. The number of carbonyl (C=O) groups is 1. The molecule has 1 heterocycles. The summed E-state index contributed by atoms with van der Waals surface area (Å²) in [6.07, 6.45) is 0. The van der Waals surface area contributed by atoms with Gasteiger partial charge in [0.05, 0.1) is 11.4 Å². The maximum atomic E-state index is 12.5. The molecule has 0 spiro atoms. The van der Waals surface area contributed by atoms with Gasteiger partial charge in [0.2, 0.25) is 0 Å². The average molecular weight is 418 g/mol. The molecule has 0 atom stereocenters. The summed E-state index contributed by atoms with van der Waals surface area (Å²) in [5.74, 6) is 0.240. The van der Waals surface area contributed by atoms with Crippen molar-refractivity contribution in [2.75, 3.05) is 4.72 Å². The fourth-order valence-corrected chi connectivity index (χ4v) is 3.63. The Morgan fingerprint density at radius 3 is 2.36 bits per heavy atom. The molecule has 146 valence electrons. The number of sulfonamides is 1. The molecule has 0 aliphatic rings. The van der Waals surface area contributed by atoms with Crippen molar-refractivity contribution in [1.82, 2.24) is 20.1 Å². The van der Waals surface area contributed by atoms with Gasteiger partial charge in [-0.15, -0.1) is 0 Å². The third kappa shape index (κ3) is 4.46. The topological polar surface area (TPSA) is 109 Å². The molecule has 0 radical (unpaired) electrons. The monoisotopic (exact) mass is 417 g/mol. The minimum atomic E-state index is -3.74. The Morgan fingerprint density at radius 2 is 1.79 bits per heavy atom. The summed E-state index contributed by atoms with van der Waals surface area (Å²) in [5, 5.41) is 9.37. The van der Waals surface area contributed by atoms with Gasteiger partial charge in [0.15, 0.2) is 10.6 Å². The quantitative estimate of drug-likeness (QED) is 0.534. The molecule has 0 saturated carbocycles. The van der Waals surface area contributed by atoms with E-state index in [1.54, 1.807) is 23.7 Å². The number of hydrogen-bond acceptors (Lipinski definition) is 5. The Hall–Kier alpha value is -2.98. The van der Waals surface area contributed by atoms with E-state index in [1.165, 1.54) is 24.3 Å². The van der Waals surface area contributed by atoms with E-state index < -0.39 is 10.0 Å². The van der Waals surface area contributed by atoms with Gasteiger partial charge in [0, 0.05) is 18.3 Å². The number of H-pyrrole nitrogens is 1. The number of nitrogens with one attached hydrogen (secondary N) is 3. The number of carbonyl (C=O) groups excluding carboxylic acids is 1. The van der Waals surface area contributed by atoms with Gasteiger partial charge in [0.1, 0.15) is 0 Å². The molecule has 0 fully saturated rings. The van der Waals surface area contributed by atoms with E-state index >= 15 is 0 Å². The summed E-state index contributed by atoms with van der Waals surface area (Å²) in [7, 11) is -1.99. The van der Waals surface area contributed by atoms with Gasteiger partial charge in [-0.1, -0.05) is 17.7 Å². The summed E-state index contributed by atoms with van der Waals surface area (Å²) in [6.45, 7) is 2.11. The number of benzene rings is 2. The molecule has 1 amide bonds. The standard InChI is InChI=1S/C18H19N5O3S2/c1-12-3-7-14(8-4-12)22-28(25,26)15-9-5-13(6-10-15)17(24)19-11-16-20-21-18(27)23(16)2/h3-10,22H,11H2,1-2H3,(H,19,24)(H,21,27). The Morgan fingerprint density at radius 1 is 1.14 bits per heavy atom. The molecule has 0 bridgehead atoms. The molecule has 3 rings (SSSR count). The van der Waals surface area contributed by atoms with Gasteiger partial charge in [-0.2, -0.15) is 5.10 Å². The van der Waals surface area contributed by atoms with Crippen LogP contribution < -0.4 is 10.0 Å². The first-order valence-electron chi connectivity index (χ1n) is 8.34. The number of amides is 1. The van der Waals surface area contributed by atoms with Gasteiger partial charge in [0.25, 0.3) is 15.9 Å². The first-order chi connectivity index (χ1) is 13.3. The van der Waals surface area contributed by atoms with Crippen molar-refractivity contribution in [3.63, 3.8) is 0 Å². The van der Waals surface area contributed by atoms with E-state index in [0.29, 0.717) is 21.8 Å². The van der Waals surface area contributed by atoms with Crippen molar-refractivity contribution in [1.29, 1.82) is 0 Å². The summed E-state index contributed by atoms with van der Waals surface area (Å²) in [6, 6.07) is 12.7. The SMILES string of the molecule is Cc1ccc(NS(=O)(=O)c2ccc(C(=O)NCc3n[nH]c(=S)n3C)cc2)cc1. The van der Waals surface area contributed by atoms with E-state index in [-0.39, 0.29) is 17.3 Å². The van der Waals surface area contributed by atoms with E-state index in [9.17, 15) is 13.2 Å². The molecule has 3 N–H and O–H groups in total. The van der Waals surface area contributed by atoms with Crippen molar-refractivity contribution in [3.05, 3.63) is 70.3 Å². The lowest BCUT2D eigenvalue weighted by Crippen LogP contribution is -2.24. The van der Waals surface area contributed by atoms with Crippen LogP contribution in [0.15, 0.2) is 53.4 Å². The molecule has 0 aliphatic carbocycles. The first-order valence-corrected chi connectivity index (χ1v) is 10.2. The molecule has 8 nitrogen and oxygen atoms in total. The van der Waals surface area contributed by atoms with Gasteiger partial charge < -0.3 is 9.88 Å². The van der Waals surface area contributed by atoms with Gasteiger partial charge in [-0.3, -0.25) is 14.6 Å². The minimum Gasteiger partial charge on any atom is -0.345 e. The number of aromatic nitrogens is 3. The molecule has 0 aliphatic heterocycles. The maximum absolute atomic E-state index is 12.5. The zero-order chi connectivity index (χ0) is 20.3. The lowest BCUT2D eigenvalue weighted by atomic mass is 10.2. The van der Waals surface area contributed by atoms with Crippen LogP contribution in [0.5, 0.6) is 0 Å². The van der Waals surface area contributed by atoms with Crippen LogP contribution in [-0.2, 0) is 23.6 Å². The van der Waals surface area contributed by atoms with Crippen molar-refractivity contribution in [3.8, 4) is 0 Å². The van der Waals surface area contributed by atoms with Gasteiger partial charge in [-0.25, -0.2) is 8.42 Å². The van der Waals surface area contributed by atoms with Crippen molar-refractivity contribution >= 4 is 33.8 Å². The van der Waals surface area contributed by atoms with E-state index in [1.807, 2.05) is 19.1 Å². The number of aryl methyl sites for hydroxylation is 1. The van der Waals surface area contributed by atoms with Crippen LogP contribution in [0, 0.1) is 11.7 Å². The van der Waals surface area contributed by atoms with Crippen LogP contribution in [-0.4, -0.2) is 29.1 Å². The number of anilines is 1. The number of hydrogen-bond donors (Lipinski definition) is 3. The van der Waals surface area contributed by atoms with Crippen molar-refractivity contribution in [2.45, 2.75) is 18.4 Å². The van der Waals surface area contributed by atoms with Crippen molar-refractivity contribution < 1.29 is 13.2 Å². The maximum Gasteiger partial charge on any atom is 0.261 e. The van der Waals surface area contributed by atoms with E-state index in [2.05, 4.69) is 20.2 Å². The molecule has 10 heteroatoms. The van der Waals surface area contributed by atoms with Crippen LogP contribution in [0.1, 0.15) is 21.7 Å². The number of aromatic amines is 1. The molecule has 0 unspecified atom stereocenters. The lowest BCUT2D eigenvalue weighted by Gasteiger charge is -2.09. The molecule has 0 saturated heterocycles. The van der Waals surface area contributed by atoms with Crippen LogP contribution in [0.4, 0.5) is 5.69 Å². The summed E-state index contributed by atoms with van der Waals surface area (Å²) in [5.41, 5.74) is 1.84. The average Bonchev–Trinajstić information content (AvgIpc) is 3.00. The second-order valence-electron chi connectivity index (χ2n) is 6.18. The minimum absolute atomic E-state index is 0.0686. The smallest absolute Gasteiger partial charge is 0.261 e. The molecule has 28 heavy (non-hydrogen) atoms. The number of rotatable bonds is 6. The molecule has 3 aromatic rings. The lowest BCUT2D eigenvalue weighted by molar-refractivity contribution is 0.0949. The van der Waals surface area contributed by atoms with Crippen LogP contribution >= 0.6 is 12.2 Å². The Labute approximate surface area is 167 Å². The highest BCUT2D eigenvalue weighted by Crippen LogP contribution is 2.17. The third-order valence-electron chi connectivity index (χ3n) is 4.11. The van der Waals surface area contributed by atoms with Crippen LogP contribution in [0.3, 0.4) is 0 Å². The predicted octanol–water partition coefficient (Wildman–Crippen LogP) is 2.52. The third-order valence-corrected chi connectivity index (χ3v) is 5.87. The molecular formula is C18H19N5O3S2. The molecule has 2 aromatic carbocycles. The summed E-state index contributed by atoms with van der Waals surface area (Å²) >= 11 is 5.02. The Balaban J connectivity index is 1.68.